The van der Waals surface area contributed by atoms with E-state index in [0.717, 1.165) is 10.6 Å². The van der Waals surface area contributed by atoms with Gasteiger partial charge in [-0.3, -0.25) is 4.79 Å². The minimum Gasteiger partial charge on any atom is -0.343 e. The molecule has 3 N–H and O–H groups in total. The highest BCUT2D eigenvalue weighted by atomic mass is 32.1. The smallest absolute Gasteiger partial charge is 0.242 e. The van der Waals surface area contributed by atoms with Crippen molar-refractivity contribution >= 4 is 17.2 Å². The third-order valence-electron chi connectivity index (χ3n) is 2.84. The molecule has 0 fully saturated rings. The van der Waals surface area contributed by atoms with Gasteiger partial charge in [0.25, 0.3) is 0 Å². The Morgan fingerprint density at radius 2 is 2.05 bits per heavy atom. The van der Waals surface area contributed by atoms with Gasteiger partial charge < -0.3 is 11.1 Å². The molecule has 100 valence electrons. The predicted octanol–water partition coefficient (Wildman–Crippen LogP) is 2.19. The van der Waals surface area contributed by atoms with E-state index in [0.29, 0.717) is 0 Å². The largest absolute Gasteiger partial charge is 0.343 e. The molecule has 1 heterocycles. The van der Waals surface area contributed by atoms with E-state index in [1.54, 1.807) is 6.20 Å². The molecule has 2 aromatic rings. The van der Waals surface area contributed by atoms with Gasteiger partial charge in [0.15, 0.2) is 0 Å². The second-order valence-electron chi connectivity index (χ2n) is 4.84. The molecule has 19 heavy (non-hydrogen) atoms. The fourth-order valence-corrected chi connectivity index (χ4v) is 2.50. The summed E-state index contributed by atoms with van der Waals surface area (Å²) in [6, 6.07) is 8.66. The lowest BCUT2D eigenvalue weighted by molar-refractivity contribution is -0.124. The predicted molar refractivity (Wildman–Crippen MR) is 76.7 cm³/mol. The van der Waals surface area contributed by atoms with E-state index in [-0.39, 0.29) is 5.91 Å². The van der Waals surface area contributed by atoms with Crippen LogP contribution in [0.1, 0.15) is 30.5 Å². The second-order valence-corrected chi connectivity index (χ2v) is 5.73. The fourth-order valence-electron chi connectivity index (χ4n) is 1.78. The molecule has 1 aromatic carbocycles. The minimum atomic E-state index is -0.666. The zero-order valence-corrected chi connectivity index (χ0v) is 11.8. The first-order valence-corrected chi connectivity index (χ1v) is 6.91. The lowest BCUT2D eigenvalue weighted by Crippen LogP contribution is -2.45. The highest BCUT2D eigenvalue weighted by Gasteiger charge is 2.28. The van der Waals surface area contributed by atoms with Crippen LogP contribution >= 0.6 is 11.3 Å². The van der Waals surface area contributed by atoms with Crippen LogP contribution in [0.5, 0.6) is 0 Å². The number of hydrogen-bond donors (Lipinski definition) is 2. The van der Waals surface area contributed by atoms with Crippen LogP contribution in [0, 0.1) is 0 Å². The molecule has 0 saturated carbocycles. The van der Waals surface area contributed by atoms with Gasteiger partial charge in [-0.1, -0.05) is 30.3 Å². The van der Waals surface area contributed by atoms with Crippen LogP contribution in [0.15, 0.2) is 41.9 Å². The number of rotatable bonds is 4. The quantitative estimate of drug-likeness (QED) is 0.898. The minimum absolute atomic E-state index is 0.202. The van der Waals surface area contributed by atoms with Crippen LogP contribution in [-0.4, -0.2) is 10.9 Å². The summed E-state index contributed by atoms with van der Waals surface area (Å²) in [5.74, 6) is -0.202. The zero-order chi connectivity index (χ0) is 13.9. The maximum Gasteiger partial charge on any atom is 0.242 e. The number of hydrogen-bond acceptors (Lipinski definition) is 4. The van der Waals surface area contributed by atoms with Crippen LogP contribution in [-0.2, 0) is 10.3 Å². The zero-order valence-electron chi connectivity index (χ0n) is 11.0. The molecule has 0 bridgehead atoms. The molecule has 0 aliphatic carbocycles. The molecular formula is C14H17N3OS. The molecule has 0 radical (unpaired) electrons. The van der Waals surface area contributed by atoms with Gasteiger partial charge in [0.05, 0.1) is 5.54 Å². The van der Waals surface area contributed by atoms with Gasteiger partial charge in [0.1, 0.15) is 11.0 Å². The lowest BCUT2D eigenvalue weighted by Gasteiger charge is -2.25. The molecule has 4 nitrogen and oxygen atoms in total. The molecule has 2 rings (SSSR count). The Morgan fingerprint density at radius 1 is 1.37 bits per heavy atom. The Morgan fingerprint density at radius 3 is 2.63 bits per heavy atom. The van der Waals surface area contributed by atoms with Gasteiger partial charge in [-0.15, -0.1) is 11.3 Å². The van der Waals surface area contributed by atoms with E-state index in [4.69, 9.17) is 5.73 Å². The highest BCUT2D eigenvalue weighted by molar-refractivity contribution is 7.09. The van der Waals surface area contributed by atoms with E-state index >= 15 is 0 Å². The van der Waals surface area contributed by atoms with Crippen molar-refractivity contribution in [3.05, 3.63) is 52.5 Å². The highest BCUT2D eigenvalue weighted by Crippen LogP contribution is 2.23. The molecular weight excluding hydrogens is 258 g/mol. The van der Waals surface area contributed by atoms with E-state index in [2.05, 4.69) is 10.3 Å². The maximum atomic E-state index is 12.2. The van der Waals surface area contributed by atoms with E-state index in [9.17, 15) is 4.79 Å². The Balaban J connectivity index is 2.09. The summed E-state index contributed by atoms with van der Waals surface area (Å²) in [5.41, 5.74) is 6.25. The molecule has 1 atom stereocenters. The number of nitrogens with one attached hydrogen (secondary N) is 1. The van der Waals surface area contributed by atoms with Gasteiger partial charge in [-0.05, 0) is 19.4 Å². The van der Waals surface area contributed by atoms with Crippen LogP contribution in [0.2, 0.25) is 0 Å². The summed E-state index contributed by atoms with van der Waals surface area (Å²) in [6.45, 7) is 3.84. The molecule has 1 aromatic heterocycles. The van der Waals surface area contributed by atoms with Crippen molar-refractivity contribution < 1.29 is 4.79 Å². The number of nitrogens with two attached hydrogens (primary N) is 1. The van der Waals surface area contributed by atoms with Gasteiger partial charge in [0.2, 0.25) is 5.91 Å². The summed E-state index contributed by atoms with van der Waals surface area (Å²) in [7, 11) is 0. The molecule has 0 spiro atoms. The fraction of sp³-hybridized carbons (Fsp3) is 0.286. The van der Waals surface area contributed by atoms with E-state index in [1.807, 2.05) is 49.6 Å². The maximum absolute atomic E-state index is 12.2. The Kier molecular flexibility index (Phi) is 3.97. The van der Waals surface area contributed by atoms with E-state index < -0.39 is 11.6 Å². The topological polar surface area (TPSA) is 68.0 Å². The average molecular weight is 275 g/mol. The van der Waals surface area contributed by atoms with Crippen LogP contribution in [0.3, 0.4) is 0 Å². The van der Waals surface area contributed by atoms with Crippen molar-refractivity contribution in [1.29, 1.82) is 0 Å². The van der Waals surface area contributed by atoms with Gasteiger partial charge in [-0.25, -0.2) is 4.98 Å². The molecule has 0 aliphatic rings. The van der Waals surface area contributed by atoms with Crippen molar-refractivity contribution in [2.75, 3.05) is 0 Å². The Labute approximate surface area is 116 Å². The van der Waals surface area contributed by atoms with Crippen molar-refractivity contribution in [3.63, 3.8) is 0 Å². The van der Waals surface area contributed by atoms with E-state index in [1.165, 1.54) is 11.3 Å². The molecule has 1 amide bonds. The van der Waals surface area contributed by atoms with Crippen LogP contribution in [0.4, 0.5) is 0 Å². The van der Waals surface area contributed by atoms with Crippen molar-refractivity contribution in [2.24, 2.45) is 5.73 Å². The monoisotopic (exact) mass is 275 g/mol. The number of thiazole rings is 1. The number of amides is 1. The molecule has 5 heteroatoms. The first-order valence-electron chi connectivity index (χ1n) is 6.03. The van der Waals surface area contributed by atoms with Crippen LogP contribution in [0.25, 0.3) is 0 Å². The summed E-state index contributed by atoms with van der Waals surface area (Å²) >= 11 is 1.51. The first kappa shape index (κ1) is 13.7. The number of aromatic nitrogens is 1. The molecule has 0 saturated heterocycles. The Hall–Kier alpha value is -1.72. The average Bonchev–Trinajstić information content (AvgIpc) is 2.93. The van der Waals surface area contributed by atoms with Crippen molar-refractivity contribution in [1.82, 2.24) is 10.3 Å². The second kappa shape index (κ2) is 5.50. The number of benzene rings is 1. The van der Waals surface area contributed by atoms with Crippen LogP contribution < -0.4 is 11.1 Å². The third-order valence-corrected chi connectivity index (χ3v) is 3.94. The number of carbonyl (C=O) groups is 1. The SMILES string of the molecule is CC(C)(NC(=O)C(N)c1ccccc1)c1nccs1. The summed E-state index contributed by atoms with van der Waals surface area (Å²) < 4.78 is 0. The molecule has 0 aliphatic heterocycles. The lowest BCUT2D eigenvalue weighted by atomic mass is 10.0. The van der Waals surface area contributed by atoms with Gasteiger partial charge in [0, 0.05) is 11.6 Å². The summed E-state index contributed by atoms with van der Waals surface area (Å²) in [5, 5.41) is 5.69. The standard InChI is InChI=1S/C14H17N3OS/c1-14(2,13-16-8-9-19-13)17-12(18)11(15)10-6-4-3-5-7-10/h3-9,11H,15H2,1-2H3,(H,17,18). The number of carbonyl (C=O) groups excluding carboxylic acids is 1. The third kappa shape index (κ3) is 3.19. The summed E-state index contributed by atoms with van der Waals surface area (Å²) in [6.07, 6.45) is 1.73. The molecule has 1 unspecified atom stereocenters. The van der Waals surface area contributed by atoms with Gasteiger partial charge >= 0.3 is 0 Å². The normalized spacial score (nSPS) is 13.0. The first-order chi connectivity index (χ1) is 9.00. The Bertz CT molecular complexity index is 537. The summed E-state index contributed by atoms with van der Waals surface area (Å²) in [4.78, 5) is 16.4. The number of nitrogens with zero attached hydrogens (tertiary/aromatic N) is 1. The van der Waals surface area contributed by atoms with Gasteiger partial charge in [-0.2, -0.15) is 0 Å². The van der Waals surface area contributed by atoms with Crippen molar-refractivity contribution in [2.45, 2.75) is 25.4 Å². The van der Waals surface area contributed by atoms with Crippen molar-refractivity contribution in [3.8, 4) is 0 Å².